The molecule has 1 aliphatic rings. The van der Waals surface area contributed by atoms with E-state index in [0.717, 1.165) is 22.4 Å². The first kappa shape index (κ1) is 23.2. The summed E-state index contributed by atoms with van der Waals surface area (Å²) in [4.78, 5) is 28.1. The second kappa shape index (κ2) is 9.57. The quantitative estimate of drug-likeness (QED) is 0.320. The Balaban J connectivity index is 1.41. The summed E-state index contributed by atoms with van der Waals surface area (Å²) in [7, 11) is 0. The number of hydrogen-bond acceptors (Lipinski definition) is 2. The van der Waals surface area contributed by atoms with E-state index >= 15 is 0 Å². The third-order valence-corrected chi connectivity index (χ3v) is 6.70. The normalized spacial score (nSPS) is 12.4. The van der Waals surface area contributed by atoms with E-state index in [0.29, 0.717) is 39.8 Å². The van der Waals surface area contributed by atoms with Gasteiger partial charge in [-0.15, -0.1) is 0 Å². The highest BCUT2D eigenvalue weighted by molar-refractivity contribution is 6.31. The lowest BCUT2D eigenvalue weighted by atomic mass is 10.0. The van der Waals surface area contributed by atoms with Gasteiger partial charge in [-0.05, 0) is 96.3 Å². The molecule has 35 heavy (non-hydrogen) atoms. The minimum absolute atomic E-state index is 0.114. The van der Waals surface area contributed by atoms with Gasteiger partial charge in [0.1, 0.15) is 0 Å². The minimum Gasteiger partial charge on any atom is -0.322 e. The molecule has 0 aliphatic carbocycles. The van der Waals surface area contributed by atoms with Gasteiger partial charge in [0.2, 0.25) is 0 Å². The van der Waals surface area contributed by atoms with Crippen LogP contribution in [0.2, 0.25) is 10.0 Å². The zero-order valence-corrected chi connectivity index (χ0v) is 20.5. The molecule has 4 aromatic rings. The van der Waals surface area contributed by atoms with E-state index in [1.54, 1.807) is 47.4 Å². The third-order valence-electron chi connectivity index (χ3n) is 6.23. The van der Waals surface area contributed by atoms with Crippen LogP contribution in [0.5, 0.6) is 0 Å². The van der Waals surface area contributed by atoms with E-state index in [1.807, 2.05) is 37.3 Å². The van der Waals surface area contributed by atoms with Crippen molar-refractivity contribution in [1.82, 2.24) is 0 Å². The van der Waals surface area contributed by atoms with E-state index < -0.39 is 0 Å². The Labute approximate surface area is 214 Å². The number of aryl methyl sites for hydroxylation is 1. The van der Waals surface area contributed by atoms with Crippen molar-refractivity contribution in [2.45, 2.75) is 19.9 Å². The van der Waals surface area contributed by atoms with Gasteiger partial charge < -0.3 is 10.2 Å². The molecule has 0 saturated carbocycles. The average molecular weight is 501 g/mol. The number of amides is 2. The van der Waals surface area contributed by atoms with Gasteiger partial charge in [0.25, 0.3) is 11.8 Å². The molecular weight excluding hydrogens is 479 g/mol. The summed E-state index contributed by atoms with van der Waals surface area (Å²) in [5.41, 5.74) is 6.64. The maximum atomic E-state index is 13.6. The molecule has 4 nitrogen and oxygen atoms in total. The predicted molar refractivity (Wildman–Crippen MR) is 142 cm³/mol. The van der Waals surface area contributed by atoms with E-state index in [1.165, 1.54) is 5.56 Å². The molecule has 0 atom stereocenters. The maximum Gasteiger partial charge on any atom is 0.258 e. The maximum absolute atomic E-state index is 13.6. The fourth-order valence-electron chi connectivity index (χ4n) is 4.42. The van der Waals surface area contributed by atoms with Crippen LogP contribution >= 0.6 is 23.2 Å². The molecule has 5 rings (SSSR count). The van der Waals surface area contributed by atoms with Crippen LogP contribution in [0.4, 0.5) is 11.4 Å². The number of nitrogens with one attached hydrogen (secondary N) is 1. The Bertz CT molecular complexity index is 1450. The summed E-state index contributed by atoms with van der Waals surface area (Å²) in [6.45, 7) is 2.31. The summed E-state index contributed by atoms with van der Waals surface area (Å²) < 4.78 is 0. The molecule has 0 bridgehead atoms. The van der Waals surface area contributed by atoms with Crippen LogP contribution in [-0.2, 0) is 13.0 Å². The fourth-order valence-corrected chi connectivity index (χ4v) is 4.84. The lowest BCUT2D eigenvalue weighted by Gasteiger charge is -2.24. The Morgan fingerprint density at radius 2 is 1.49 bits per heavy atom. The Kier molecular flexibility index (Phi) is 6.33. The molecule has 1 aliphatic heterocycles. The molecule has 4 aromatic carbocycles. The predicted octanol–water partition coefficient (Wildman–Crippen LogP) is 7.31. The van der Waals surface area contributed by atoms with Crippen LogP contribution in [0.3, 0.4) is 0 Å². The zero-order chi connectivity index (χ0) is 24.5. The largest absolute Gasteiger partial charge is 0.322 e. The van der Waals surface area contributed by atoms with Gasteiger partial charge in [-0.1, -0.05) is 47.5 Å². The molecule has 174 valence electrons. The summed E-state index contributed by atoms with van der Waals surface area (Å²) in [5, 5.41) is 4.12. The number of halogens is 2. The van der Waals surface area contributed by atoms with Crippen LogP contribution in [0, 0.1) is 6.92 Å². The van der Waals surface area contributed by atoms with Gasteiger partial charge in [0, 0.05) is 32.5 Å². The smallest absolute Gasteiger partial charge is 0.258 e. The Hall–Kier alpha value is -3.60. The molecule has 0 radical (unpaired) electrons. The van der Waals surface area contributed by atoms with Crippen molar-refractivity contribution < 1.29 is 9.59 Å². The Morgan fingerprint density at radius 3 is 2.23 bits per heavy atom. The zero-order valence-electron chi connectivity index (χ0n) is 19.0. The van der Waals surface area contributed by atoms with Gasteiger partial charge >= 0.3 is 0 Å². The third kappa shape index (κ3) is 4.81. The molecule has 1 heterocycles. The molecule has 0 fully saturated rings. The van der Waals surface area contributed by atoms with Crippen molar-refractivity contribution in [3.8, 4) is 0 Å². The molecule has 0 aromatic heterocycles. The molecule has 0 unspecified atom stereocenters. The van der Waals surface area contributed by atoms with E-state index in [9.17, 15) is 9.59 Å². The average Bonchev–Trinajstić information content (AvgIpc) is 3.00. The first-order chi connectivity index (χ1) is 16.9. The number of rotatable bonds is 3. The molecule has 0 spiro atoms. The summed E-state index contributed by atoms with van der Waals surface area (Å²) in [5.74, 6) is -0.343. The van der Waals surface area contributed by atoms with Gasteiger partial charge in [0.05, 0.1) is 6.54 Å². The summed E-state index contributed by atoms with van der Waals surface area (Å²) in [6.07, 6.45) is 0.713. The van der Waals surface area contributed by atoms with Crippen molar-refractivity contribution in [1.29, 1.82) is 0 Å². The van der Waals surface area contributed by atoms with E-state index in [2.05, 4.69) is 17.4 Å². The summed E-state index contributed by atoms with van der Waals surface area (Å²) >= 11 is 12.3. The van der Waals surface area contributed by atoms with Gasteiger partial charge in [0.15, 0.2) is 0 Å². The van der Waals surface area contributed by atoms with Crippen LogP contribution < -0.4 is 10.2 Å². The van der Waals surface area contributed by atoms with E-state index in [4.69, 9.17) is 23.2 Å². The monoisotopic (exact) mass is 500 g/mol. The Morgan fingerprint density at radius 1 is 0.800 bits per heavy atom. The highest BCUT2D eigenvalue weighted by Crippen LogP contribution is 2.33. The van der Waals surface area contributed by atoms with Crippen LogP contribution in [-0.4, -0.2) is 11.8 Å². The van der Waals surface area contributed by atoms with Gasteiger partial charge in [-0.3, -0.25) is 9.59 Å². The van der Waals surface area contributed by atoms with Gasteiger partial charge in [-0.25, -0.2) is 0 Å². The van der Waals surface area contributed by atoms with Crippen molar-refractivity contribution in [2.75, 3.05) is 10.2 Å². The number of benzene rings is 4. The SMILES string of the molecule is Cc1cc(Cl)ccc1C(=O)Nc1ccc(C(=O)N2Cc3ccccc3Cc3cc(Cl)ccc32)cc1. The number of anilines is 2. The van der Waals surface area contributed by atoms with Crippen molar-refractivity contribution in [2.24, 2.45) is 0 Å². The number of nitrogens with zero attached hydrogens (tertiary/aromatic N) is 1. The molecule has 6 heteroatoms. The molecule has 2 amide bonds. The highest BCUT2D eigenvalue weighted by Gasteiger charge is 2.25. The van der Waals surface area contributed by atoms with Crippen LogP contribution in [0.1, 0.15) is 43.0 Å². The lowest BCUT2D eigenvalue weighted by Crippen LogP contribution is -2.30. The molecule has 1 N–H and O–H groups in total. The first-order valence-electron chi connectivity index (χ1n) is 11.2. The first-order valence-corrected chi connectivity index (χ1v) is 12.0. The minimum atomic E-state index is -0.229. The number of fused-ring (bicyclic) bond motifs is 2. The second-order valence-electron chi connectivity index (χ2n) is 8.60. The number of carbonyl (C=O) groups excluding carboxylic acids is 2. The number of carbonyl (C=O) groups is 2. The highest BCUT2D eigenvalue weighted by atomic mass is 35.5. The molecular formula is C29H22Cl2N2O2. The van der Waals surface area contributed by atoms with Crippen LogP contribution in [0.15, 0.2) is 84.9 Å². The van der Waals surface area contributed by atoms with Crippen molar-refractivity contribution >= 4 is 46.4 Å². The van der Waals surface area contributed by atoms with Crippen LogP contribution in [0.25, 0.3) is 0 Å². The summed E-state index contributed by atoms with van der Waals surface area (Å²) in [6, 6.07) is 25.9. The van der Waals surface area contributed by atoms with E-state index in [-0.39, 0.29) is 11.8 Å². The second-order valence-corrected chi connectivity index (χ2v) is 9.47. The standard InChI is InChI=1S/C29H22Cl2N2O2/c1-18-14-23(30)8-12-26(18)28(34)32-25-10-6-19(7-11-25)29(35)33-17-21-5-3-2-4-20(21)15-22-16-24(31)9-13-27(22)33/h2-14,16H,15,17H2,1H3,(H,32,34). The lowest BCUT2D eigenvalue weighted by molar-refractivity contribution is 0.0984. The van der Waals surface area contributed by atoms with Crippen molar-refractivity contribution in [3.05, 3.63) is 128 Å². The fraction of sp³-hybridized carbons (Fsp3) is 0.103. The number of hydrogen-bond donors (Lipinski definition) is 1. The molecule has 0 saturated heterocycles. The van der Waals surface area contributed by atoms with Crippen molar-refractivity contribution in [3.63, 3.8) is 0 Å². The van der Waals surface area contributed by atoms with Gasteiger partial charge in [-0.2, -0.15) is 0 Å². The topological polar surface area (TPSA) is 49.4 Å².